The molecule has 1 unspecified atom stereocenters. The minimum atomic E-state index is -0.245. The largest absolute Gasteiger partial charge is 0.352 e. The van der Waals surface area contributed by atoms with Gasteiger partial charge in [0.2, 0.25) is 5.95 Å². The summed E-state index contributed by atoms with van der Waals surface area (Å²) in [5.41, 5.74) is 2.25. The number of pyridine rings is 1. The van der Waals surface area contributed by atoms with Gasteiger partial charge in [0.05, 0.1) is 0 Å². The molecule has 156 valence electrons. The third kappa shape index (κ3) is 3.56. The molecule has 3 aliphatic heterocycles. The van der Waals surface area contributed by atoms with Crippen LogP contribution in [-0.2, 0) is 4.79 Å². The number of dihydropyridines is 1. The molecular weight excluding hydrogens is 378 g/mol. The quantitative estimate of drug-likeness (QED) is 0.840. The van der Waals surface area contributed by atoms with Crippen molar-refractivity contribution < 1.29 is 4.79 Å². The summed E-state index contributed by atoms with van der Waals surface area (Å²) in [5, 5.41) is 4.08. The molecule has 2 atom stereocenters. The number of anilines is 2. The minimum Gasteiger partial charge on any atom is -0.352 e. The Morgan fingerprint density at radius 3 is 2.97 bits per heavy atom. The number of fused-ring (bicyclic) bond motifs is 2. The maximum Gasteiger partial charge on any atom is 0.293 e. The standard InChI is InChI=1S/C22H27N7O/c1-14-5-3-4-9-29(14)20-19-15(6-8-23-20)12-24-22(27-19)26-18-11-16-13-28(2)10-7-17(16)25-21(18)30/h6,8,11-12,14,16H,3-5,7,9-10,13H2,1-2H3,(H,24,26,27)/t14-,16?/m1/s1. The van der Waals surface area contributed by atoms with Crippen LogP contribution in [-0.4, -0.2) is 64.2 Å². The highest BCUT2D eigenvalue weighted by Gasteiger charge is 2.29. The fraction of sp³-hybridized carbons (Fsp3) is 0.500. The second-order valence-corrected chi connectivity index (χ2v) is 8.54. The first kappa shape index (κ1) is 19.1. The molecule has 8 nitrogen and oxygen atoms in total. The molecule has 0 aliphatic carbocycles. The minimum absolute atomic E-state index is 0.163. The van der Waals surface area contributed by atoms with Crippen LogP contribution in [0.5, 0.6) is 0 Å². The van der Waals surface area contributed by atoms with Gasteiger partial charge in [-0.05, 0) is 51.8 Å². The van der Waals surface area contributed by atoms with Crippen molar-refractivity contribution in [3.05, 3.63) is 30.2 Å². The van der Waals surface area contributed by atoms with Crippen molar-refractivity contribution in [3.8, 4) is 0 Å². The molecule has 30 heavy (non-hydrogen) atoms. The highest BCUT2D eigenvalue weighted by atomic mass is 16.1. The lowest BCUT2D eigenvalue weighted by molar-refractivity contribution is -0.114. The Morgan fingerprint density at radius 1 is 1.20 bits per heavy atom. The van der Waals surface area contributed by atoms with Gasteiger partial charge in [-0.3, -0.25) is 4.79 Å². The number of amides is 1. The first-order chi connectivity index (χ1) is 14.6. The summed E-state index contributed by atoms with van der Waals surface area (Å²) < 4.78 is 0. The molecule has 2 aromatic heterocycles. The number of carbonyl (C=O) groups is 1. The molecule has 2 aromatic rings. The fourth-order valence-electron chi connectivity index (χ4n) is 4.61. The van der Waals surface area contributed by atoms with E-state index >= 15 is 0 Å². The molecule has 5 rings (SSSR count). The van der Waals surface area contributed by atoms with Crippen molar-refractivity contribution in [1.82, 2.24) is 19.9 Å². The van der Waals surface area contributed by atoms with Crippen LogP contribution < -0.4 is 10.2 Å². The predicted octanol–water partition coefficient (Wildman–Crippen LogP) is 2.63. The van der Waals surface area contributed by atoms with Gasteiger partial charge in [0, 0.05) is 55.1 Å². The van der Waals surface area contributed by atoms with Gasteiger partial charge in [-0.25, -0.2) is 19.9 Å². The van der Waals surface area contributed by atoms with Gasteiger partial charge in [-0.1, -0.05) is 0 Å². The number of nitrogens with one attached hydrogen (secondary N) is 1. The average Bonchev–Trinajstić information content (AvgIpc) is 2.75. The molecule has 1 amide bonds. The number of likely N-dealkylation sites (tertiary alicyclic amines) is 1. The summed E-state index contributed by atoms with van der Waals surface area (Å²) in [6.45, 7) is 5.03. The zero-order valence-corrected chi connectivity index (χ0v) is 17.5. The number of rotatable bonds is 3. The summed E-state index contributed by atoms with van der Waals surface area (Å²) in [5.74, 6) is 1.22. The smallest absolute Gasteiger partial charge is 0.293 e. The van der Waals surface area contributed by atoms with E-state index in [1.54, 1.807) is 6.20 Å². The molecule has 0 bridgehead atoms. The van der Waals surface area contributed by atoms with Crippen LogP contribution in [0, 0.1) is 5.92 Å². The molecule has 0 spiro atoms. The van der Waals surface area contributed by atoms with E-state index in [4.69, 9.17) is 4.98 Å². The molecule has 3 aliphatic rings. The summed E-state index contributed by atoms with van der Waals surface area (Å²) in [7, 11) is 2.09. The Hall–Kier alpha value is -2.87. The highest BCUT2D eigenvalue weighted by Crippen LogP contribution is 2.29. The lowest BCUT2D eigenvalue weighted by atomic mass is 9.92. The third-order valence-corrected chi connectivity index (χ3v) is 6.33. The number of carbonyl (C=O) groups excluding carboxylic acids is 1. The Labute approximate surface area is 176 Å². The van der Waals surface area contributed by atoms with Crippen molar-refractivity contribution in [2.75, 3.05) is 36.9 Å². The second-order valence-electron chi connectivity index (χ2n) is 8.54. The van der Waals surface area contributed by atoms with E-state index in [0.717, 1.165) is 61.3 Å². The first-order valence-corrected chi connectivity index (χ1v) is 10.8. The van der Waals surface area contributed by atoms with Crippen LogP contribution in [0.25, 0.3) is 10.9 Å². The van der Waals surface area contributed by atoms with Crippen molar-refractivity contribution >= 4 is 34.3 Å². The van der Waals surface area contributed by atoms with E-state index in [9.17, 15) is 4.79 Å². The molecule has 1 N–H and O–H groups in total. The normalized spacial score (nSPS) is 25.0. The number of hydrogen-bond acceptors (Lipinski definition) is 7. The topological polar surface area (TPSA) is 86.6 Å². The lowest BCUT2D eigenvalue weighted by Gasteiger charge is -2.34. The second kappa shape index (κ2) is 7.75. The van der Waals surface area contributed by atoms with Crippen molar-refractivity contribution in [2.45, 2.75) is 38.6 Å². The zero-order chi connectivity index (χ0) is 20.7. The van der Waals surface area contributed by atoms with E-state index in [-0.39, 0.29) is 11.8 Å². The summed E-state index contributed by atoms with van der Waals surface area (Å²) in [6, 6.07) is 2.36. The molecular formula is C22H27N7O. The van der Waals surface area contributed by atoms with Crippen molar-refractivity contribution in [2.24, 2.45) is 10.9 Å². The molecule has 0 saturated carbocycles. The lowest BCUT2D eigenvalue weighted by Crippen LogP contribution is -2.40. The van der Waals surface area contributed by atoms with Crippen LogP contribution in [0.15, 0.2) is 35.2 Å². The maximum absolute atomic E-state index is 12.5. The number of aliphatic imine (C=N–C) groups is 1. The van der Waals surface area contributed by atoms with Gasteiger partial charge in [0.25, 0.3) is 5.91 Å². The predicted molar refractivity (Wildman–Crippen MR) is 118 cm³/mol. The number of aromatic nitrogens is 3. The van der Waals surface area contributed by atoms with Gasteiger partial charge in [-0.2, -0.15) is 0 Å². The number of piperidine rings is 2. The zero-order valence-electron chi connectivity index (χ0n) is 17.5. The molecule has 0 radical (unpaired) electrons. The molecule has 5 heterocycles. The fourth-order valence-corrected chi connectivity index (χ4v) is 4.61. The van der Waals surface area contributed by atoms with Crippen LogP contribution in [0.2, 0.25) is 0 Å². The van der Waals surface area contributed by atoms with Gasteiger partial charge in [-0.15, -0.1) is 0 Å². The molecule has 8 heteroatoms. The highest BCUT2D eigenvalue weighted by molar-refractivity contribution is 6.09. The summed E-state index contributed by atoms with van der Waals surface area (Å²) in [6.07, 6.45) is 10.00. The Bertz CT molecular complexity index is 1050. The Balaban J connectivity index is 1.45. The Morgan fingerprint density at radius 2 is 2.10 bits per heavy atom. The van der Waals surface area contributed by atoms with Gasteiger partial charge < -0.3 is 15.1 Å². The average molecular weight is 406 g/mol. The number of nitrogens with zero attached hydrogens (tertiary/aromatic N) is 6. The van der Waals surface area contributed by atoms with E-state index in [0.29, 0.717) is 17.7 Å². The maximum atomic E-state index is 12.5. The SMILES string of the molecule is C[C@@H]1CCCCN1c1nccc2cnc(NC3=CC4CN(C)CCC4=NC3=O)nc12. The van der Waals surface area contributed by atoms with Crippen LogP contribution in [0.3, 0.4) is 0 Å². The number of hydrogen-bond donors (Lipinski definition) is 1. The van der Waals surface area contributed by atoms with E-state index in [1.165, 1.54) is 6.42 Å². The molecule has 2 fully saturated rings. The molecule has 2 saturated heterocycles. The van der Waals surface area contributed by atoms with Crippen LogP contribution >= 0.6 is 0 Å². The van der Waals surface area contributed by atoms with Gasteiger partial charge in [0.15, 0.2) is 5.82 Å². The molecule has 0 aromatic carbocycles. The van der Waals surface area contributed by atoms with E-state index < -0.39 is 0 Å². The summed E-state index contributed by atoms with van der Waals surface area (Å²) >= 11 is 0. The van der Waals surface area contributed by atoms with Gasteiger partial charge in [0.1, 0.15) is 11.2 Å². The van der Waals surface area contributed by atoms with Crippen molar-refractivity contribution in [3.63, 3.8) is 0 Å². The first-order valence-electron chi connectivity index (χ1n) is 10.8. The van der Waals surface area contributed by atoms with Gasteiger partial charge >= 0.3 is 0 Å². The van der Waals surface area contributed by atoms with E-state index in [2.05, 4.69) is 44.0 Å². The third-order valence-electron chi connectivity index (χ3n) is 6.33. The van der Waals surface area contributed by atoms with Crippen LogP contribution in [0.4, 0.5) is 11.8 Å². The monoisotopic (exact) mass is 405 g/mol. The summed E-state index contributed by atoms with van der Waals surface area (Å²) in [4.78, 5) is 35.3. The van der Waals surface area contributed by atoms with Crippen molar-refractivity contribution in [1.29, 1.82) is 0 Å². The van der Waals surface area contributed by atoms with Crippen LogP contribution in [0.1, 0.15) is 32.6 Å². The van der Waals surface area contributed by atoms with E-state index in [1.807, 2.05) is 18.3 Å². The Kier molecular flexibility index (Phi) is 4.94.